The molecule has 0 N–H and O–H groups in total. The number of carbonyl (C=O) groups is 1. The van der Waals surface area contributed by atoms with E-state index in [0.29, 0.717) is 0 Å². The molecule has 0 fully saturated rings. The second-order valence-electron chi connectivity index (χ2n) is 5.18. The lowest BCUT2D eigenvalue weighted by Gasteiger charge is -2.16. The van der Waals surface area contributed by atoms with Crippen LogP contribution in [0.5, 0.6) is 0 Å². The van der Waals surface area contributed by atoms with E-state index in [9.17, 15) is 18.4 Å². The summed E-state index contributed by atoms with van der Waals surface area (Å²) in [6.45, 7) is 1.59. The fraction of sp³-hybridized carbons (Fsp3) is 0.353. The number of ether oxygens (including phenoxy) is 1. The minimum Gasteiger partial charge on any atom is -0.465 e. The molecule has 2 aromatic rings. The molecule has 24 heavy (non-hydrogen) atoms. The zero-order chi connectivity index (χ0) is 17.6. The Morgan fingerprint density at radius 3 is 2.67 bits per heavy atom. The molecule has 0 aliphatic heterocycles. The van der Waals surface area contributed by atoms with Crippen LogP contribution in [0, 0.1) is 0 Å². The molecule has 0 bridgehead atoms. The van der Waals surface area contributed by atoms with Gasteiger partial charge in [-0.2, -0.15) is 0 Å². The van der Waals surface area contributed by atoms with E-state index in [0.717, 1.165) is 4.57 Å². The predicted molar refractivity (Wildman–Crippen MR) is 83.8 cm³/mol. The van der Waals surface area contributed by atoms with Gasteiger partial charge in [0.05, 0.1) is 6.61 Å². The number of benzene rings is 1. The van der Waals surface area contributed by atoms with Crippen LogP contribution in [0.2, 0.25) is 0 Å². The third-order valence-corrected chi connectivity index (χ3v) is 3.46. The number of esters is 1. The monoisotopic (exact) mass is 336 g/mol. The summed E-state index contributed by atoms with van der Waals surface area (Å²) in [7, 11) is 0. The lowest BCUT2D eigenvalue weighted by Crippen LogP contribution is -2.29. The Morgan fingerprint density at radius 1 is 1.29 bits per heavy atom. The van der Waals surface area contributed by atoms with Crippen LogP contribution >= 0.6 is 0 Å². The Bertz CT molecular complexity index is 745. The van der Waals surface area contributed by atoms with Gasteiger partial charge in [0.2, 0.25) is 0 Å². The van der Waals surface area contributed by atoms with Crippen LogP contribution in [0.25, 0.3) is 0 Å². The fourth-order valence-corrected chi connectivity index (χ4v) is 2.24. The Morgan fingerprint density at radius 2 is 2.00 bits per heavy atom. The van der Waals surface area contributed by atoms with E-state index in [1.165, 1.54) is 36.7 Å². The summed E-state index contributed by atoms with van der Waals surface area (Å²) in [5.74, 6) is -3.62. The Balaban J connectivity index is 2.10. The molecule has 7 heteroatoms. The van der Waals surface area contributed by atoms with Crippen LogP contribution in [0.3, 0.4) is 0 Å². The molecule has 0 saturated heterocycles. The number of carbonyl (C=O) groups excluding carboxylic acids is 1. The summed E-state index contributed by atoms with van der Waals surface area (Å²) < 4.78 is 34.2. The number of aromatic nitrogens is 2. The normalized spacial score (nSPS) is 11.3. The van der Waals surface area contributed by atoms with E-state index in [1.807, 2.05) is 0 Å². The minimum atomic E-state index is -3.06. The highest BCUT2D eigenvalue weighted by atomic mass is 19.3. The first-order chi connectivity index (χ1) is 11.4. The first-order valence-electron chi connectivity index (χ1n) is 7.57. The lowest BCUT2D eigenvalue weighted by molar-refractivity contribution is -0.143. The molecule has 0 aliphatic rings. The van der Waals surface area contributed by atoms with Gasteiger partial charge in [0.1, 0.15) is 12.2 Å². The molecule has 0 saturated carbocycles. The number of hydrogen-bond donors (Lipinski definition) is 0. The predicted octanol–water partition coefficient (Wildman–Crippen LogP) is 2.53. The standard InChI is InChI=1S/C17H18F2N2O3/c1-2-24-15(22)12-21-11-10-20-14(16(21)23)8-9-17(18,19)13-6-4-3-5-7-13/h3-7,10-11H,2,8-9,12H2,1H3. The Labute approximate surface area is 137 Å². The van der Waals surface area contributed by atoms with Crippen LogP contribution in [-0.4, -0.2) is 22.1 Å². The van der Waals surface area contributed by atoms with Crippen molar-refractivity contribution in [3.63, 3.8) is 0 Å². The molecule has 0 spiro atoms. The zero-order valence-corrected chi connectivity index (χ0v) is 13.2. The van der Waals surface area contributed by atoms with E-state index >= 15 is 0 Å². The summed E-state index contributed by atoms with van der Waals surface area (Å²) in [4.78, 5) is 27.5. The van der Waals surface area contributed by atoms with E-state index in [2.05, 4.69) is 4.98 Å². The SMILES string of the molecule is CCOC(=O)Cn1ccnc(CCC(F)(F)c2ccccc2)c1=O. The lowest BCUT2D eigenvalue weighted by atomic mass is 10.0. The second-order valence-corrected chi connectivity index (χ2v) is 5.18. The first-order valence-corrected chi connectivity index (χ1v) is 7.57. The maximum atomic E-state index is 14.2. The molecule has 0 amide bonds. The third kappa shape index (κ3) is 4.47. The van der Waals surface area contributed by atoms with Gasteiger partial charge in [-0.3, -0.25) is 14.6 Å². The minimum absolute atomic E-state index is 0.00240. The molecule has 1 aromatic carbocycles. The summed E-state index contributed by atoms with van der Waals surface area (Å²) in [6.07, 6.45) is 1.92. The molecule has 0 aliphatic carbocycles. The average molecular weight is 336 g/mol. The van der Waals surface area contributed by atoms with Crippen LogP contribution in [0.15, 0.2) is 47.5 Å². The van der Waals surface area contributed by atoms with Crippen molar-refractivity contribution < 1.29 is 18.3 Å². The van der Waals surface area contributed by atoms with Crippen molar-refractivity contribution in [2.75, 3.05) is 6.61 Å². The number of alkyl halides is 2. The quantitative estimate of drug-likeness (QED) is 0.729. The third-order valence-electron chi connectivity index (χ3n) is 3.46. The van der Waals surface area contributed by atoms with E-state index in [1.54, 1.807) is 13.0 Å². The van der Waals surface area contributed by atoms with Crippen molar-refractivity contribution in [3.8, 4) is 0 Å². The van der Waals surface area contributed by atoms with Crippen molar-refractivity contribution in [1.29, 1.82) is 0 Å². The Kier molecular flexibility index (Phi) is 5.78. The number of halogens is 2. The second kappa shape index (κ2) is 7.81. The van der Waals surface area contributed by atoms with Gasteiger partial charge in [0.25, 0.3) is 11.5 Å². The highest BCUT2D eigenvalue weighted by Gasteiger charge is 2.31. The topological polar surface area (TPSA) is 61.2 Å². The van der Waals surface area contributed by atoms with Crippen LogP contribution < -0.4 is 5.56 Å². The van der Waals surface area contributed by atoms with Crippen molar-refractivity contribution in [1.82, 2.24) is 9.55 Å². The van der Waals surface area contributed by atoms with Gasteiger partial charge in [0, 0.05) is 30.8 Å². The summed E-state index contributed by atoms with van der Waals surface area (Å²) in [5.41, 5.74) is -0.667. The van der Waals surface area contributed by atoms with Gasteiger partial charge < -0.3 is 9.30 Å². The summed E-state index contributed by atoms with van der Waals surface area (Å²) in [5, 5.41) is 0. The van der Waals surface area contributed by atoms with Crippen molar-refractivity contribution in [3.05, 3.63) is 64.3 Å². The van der Waals surface area contributed by atoms with E-state index in [4.69, 9.17) is 4.74 Å². The number of aryl methyl sites for hydroxylation is 1. The number of rotatable bonds is 7. The highest BCUT2D eigenvalue weighted by molar-refractivity contribution is 5.69. The molecule has 2 rings (SSSR count). The maximum Gasteiger partial charge on any atom is 0.326 e. The zero-order valence-electron chi connectivity index (χ0n) is 13.2. The molecular weight excluding hydrogens is 318 g/mol. The molecule has 0 unspecified atom stereocenters. The van der Waals surface area contributed by atoms with Gasteiger partial charge in [0.15, 0.2) is 0 Å². The molecule has 1 aromatic heterocycles. The van der Waals surface area contributed by atoms with Crippen LogP contribution in [0.4, 0.5) is 8.78 Å². The smallest absolute Gasteiger partial charge is 0.326 e. The van der Waals surface area contributed by atoms with Crippen LogP contribution in [-0.2, 0) is 28.4 Å². The summed E-state index contributed by atoms with van der Waals surface area (Å²) in [6, 6.07) is 7.42. The maximum absolute atomic E-state index is 14.2. The average Bonchev–Trinajstić information content (AvgIpc) is 2.57. The van der Waals surface area contributed by atoms with Gasteiger partial charge >= 0.3 is 5.97 Å². The van der Waals surface area contributed by atoms with Crippen LogP contribution in [0.1, 0.15) is 24.6 Å². The first kappa shape index (κ1) is 17.8. The largest absolute Gasteiger partial charge is 0.465 e. The van der Waals surface area contributed by atoms with Crippen molar-refractivity contribution in [2.45, 2.75) is 32.2 Å². The molecule has 5 nitrogen and oxygen atoms in total. The van der Waals surface area contributed by atoms with Crippen molar-refractivity contribution in [2.24, 2.45) is 0 Å². The van der Waals surface area contributed by atoms with Gasteiger partial charge in [-0.05, 0) is 6.92 Å². The van der Waals surface area contributed by atoms with Gasteiger partial charge in [-0.1, -0.05) is 30.3 Å². The molecule has 1 heterocycles. The van der Waals surface area contributed by atoms with E-state index in [-0.39, 0.29) is 30.8 Å². The molecule has 0 atom stereocenters. The fourth-order valence-electron chi connectivity index (χ4n) is 2.24. The summed E-state index contributed by atoms with van der Waals surface area (Å²) >= 11 is 0. The van der Waals surface area contributed by atoms with Crippen molar-refractivity contribution >= 4 is 5.97 Å². The van der Waals surface area contributed by atoms with E-state index < -0.39 is 23.9 Å². The molecule has 0 radical (unpaired) electrons. The molecular formula is C17H18F2N2O3. The van der Waals surface area contributed by atoms with Gasteiger partial charge in [-0.25, -0.2) is 8.78 Å². The van der Waals surface area contributed by atoms with Gasteiger partial charge in [-0.15, -0.1) is 0 Å². The Hall–Kier alpha value is -2.57. The molecule has 128 valence electrons. The highest BCUT2D eigenvalue weighted by Crippen LogP contribution is 2.32. The number of nitrogens with zero attached hydrogens (tertiary/aromatic N) is 2. The number of hydrogen-bond acceptors (Lipinski definition) is 4.